The first kappa shape index (κ1) is 16.5. The van der Waals surface area contributed by atoms with Crippen molar-refractivity contribution in [2.45, 2.75) is 59.5 Å². The van der Waals surface area contributed by atoms with Crippen molar-refractivity contribution in [2.24, 2.45) is 0 Å². The summed E-state index contributed by atoms with van der Waals surface area (Å²) in [6, 6.07) is 17.1. The van der Waals surface area contributed by atoms with Crippen molar-refractivity contribution in [1.82, 2.24) is 4.90 Å². The standard InChI is InChI=1S/C27H35NO/c1-19(2)28(7)27(6,25-13-9-8-11-20(25)3)15-16-29-26-14-10-12-23-17-21(4)22(5)18-24(23)26/h8-14,17-19H,15-16H2,1-7H3/t27-/m0/s1/i15D2,16D2. The van der Waals surface area contributed by atoms with Crippen molar-refractivity contribution >= 4 is 10.8 Å². The molecule has 0 unspecified atom stereocenters. The minimum absolute atomic E-state index is 0.0244. The number of nitrogens with zero attached hydrogens (tertiary/aromatic N) is 1. The van der Waals surface area contributed by atoms with Crippen LogP contribution in [0.25, 0.3) is 10.8 Å². The average molecular weight is 394 g/mol. The van der Waals surface area contributed by atoms with Gasteiger partial charge in [0.1, 0.15) is 5.75 Å². The smallest absolute Gasteiger partial charge is 0.127 e. The molecule has 2 nitrogen and oxygen atoms in total. The van der Waals surface area contributed by atoms with Crippen LogP contribution in [-0.2, 0) is 5.54 Å². The molecule has 0 aliphatic rings. The highest BCUT2D eigenvalue weighted by atomic mass is 16.5. The van der Waals surface area contributed by atoms with Gasteiger partial charge < -0.3 is 4.74 Å². The Labute approximate surface area is 182 Å². The summed E-state index contributed by atoms with van der Waals surface area (Å²) in [5.74, 6) is 0.337. The van der Waals surface area contributed by atoms with Crippen LogP contribution in [0, 0.1) is 20.8 Å². The van der Waals surface area contributed by atoms with Gasteiger partial charge in [-0.2, -0.15) is 0 Å². The van der Waals surface area contributed by atoms with Crippen LogP contribution in [0.15, 0.2) is 54.6 Å². The van der Waals surface area contributed by atoms with Crippen molar-refractivity contribution in [3.05, 3.63) is 76.9 Å². The van der Waals surface area contributed by atoms with Crippen molar-refractivity contribution in [3.63, 3.8) is 0 Å². The molecule has 3 aromatic rings. The molecule has 0 fully saturated rings. The molecular formula is C27H35NO. The summed E-state index contributed by atoms with van der Waals surface area (Å²) in [4.78, 5) is 1.90. The molecular weight excluding hydrogens is 354 g/mol. The third-order valence-electron chi connectivity index (χ3n) is 6.06. The number of aryl methyl sites for hydroxylation is 3. The van der Waals surface area contributed by atoms with Crippen LogP contribution < -0.4 is 4.74 Å². The van der Waals surface area contributed by atoms with Gasteiger partial charge in [-0.15, -0.1) is 0 Å². The summed E-state index contributed by atoms with van der Waals surface area (Å²) in [6.45, 7) is 9.09. The zero-order valence-electron chi connectivity index (χ0n) is 22.6. The van der Waals surface area contributed by atoms with Crippen LogP contribution in [0.4, 0.5) is 0 Å². The van der Waals surface area contributed by atoms with Gasteiger partial charge in [-0.25, -0.2) is 0 Å². The Morgan fingerprint density at radius 3 is 2.34 bits per heavy atom. The third-order valence-corrected chi connectivity index (χ3v) is 6.06. The van der Waals surface area contributed by atoms with Crippen LogP contribution in [0.2, 0.25) is 0 Å². The van der Waals surface area contributed by atoms with Gasteiger partial charge >= 0.3 is 0 Å². The molecule has 0 bridgehead atoms. The molecule has 0 saturated heterocycles. The highest BCUT2D eigenvalue weighted by molar-refractivity contribution is 5.89. The minimum atomic E-state index is -2.62. The lowest BCUT2D eigenvalue weighted by Gasteiger charge is -2.43. The minimum Gasteiger partial charge on any atom is -0.493 e. The zero-order valence-corrected chi connectivity index (χ0v) is 18.6. The molecule has 1 atom stereocenters. The van der Waals surface area contributed by atoms with Gasteiger partial charge in [0, 0.05) is 26.1 Å². The fourth-order valence-corrected chi connectivity index (χ4v) is 3.77. The van der Waals surface area contributed by atoms with Crippen LogP contribution in [-0.4, -0.2) is 24.5 Å². The number of rotatable bonds is 7. The van der Waals surface area contributed by atoms with E-state index in [0.717, 1.165) is 33.0 Å². The number of benzene rings is 3. The lowest BCUT2D eigenvalue weighted by atomic mass is 9.83. The summed E-state index contributed by atoms with van der Waals surface area (Å²) in [5, 5.41) is 1.71. The highest BCUT2D eigenvalue weighted by Gasteiger charge is 2.33. The van der Waals surface area contributed by atoms with Gasteiger partial charge in [0.2, 0.25) is 0 Å². The van der Waals surface area contributed by atoms with Crippen LogP contribution in [0.5, 0.6) is 5.75 Å². The number of hydrogen-bond donors (Lipinski definition) is 0. The van der Waals surface area contributed by atoms with E-state index in [1.165, 1.54) is 0 Å². The van der Waals surface area contributed by atoms with E-state index in [1.807, 2.05) is 95.1 Å². The second kappa shape index (κ2) is 8.59. The van der Waals surface area contributed by atoms with Gasteiger partial charge in [-0.3, -0.25) is 4.90 Å². The molecule has 0 aromatic heterocycles. The van der Waals surface area contributed by atoms with Gasteiger partial charge in [-0.05, 0) is 88.4 Å². The first-order valence-corrected chi connectivity index (χ1v) is 10.2. The number of ether oxygens (including phenoxy) is 1. The maximum Gasteiger partial charge on any atom is 0.127 e. The topological polar surface area (TPSA) is 12.5 Å². The first-order valence-electron chi connectivity index (χ1n) is 12.2. The molecule has 0 N–H and O–H groups in total. The lowest BCUT2D eigenvalue weighted by molar-refractivity contribution is 0.0749. The SMILES string of the molecule is [2H]C([2H])(Oc1cccc2cc(C)c(C)cc12)C([2H])([2H])[C@@](C)(c1ccccc1C)N(C)C(C)C. The Morgan fingerprint density at radius 1 is 0.966 bits per heavy atom. The molecule has 0 amide bonds. The van der Waals surface area contributed by atoms with E-state index in [-0.39, 0.29) is 6.04 Å². The lowest BCUT2D eigenvalue weighted by Crippen LogP contribution is -2.46. The molecule has 29 heavy (non-hydrogen) atoms. The summed E-state index contributed by atoms with van der Waals surface area (Å²) < 4.78 is 42.1. The van der Waals surface area contributed by atoms with Crippen molar-refractivity contribution < 1.29 is 10.2 Å². The van der Waals surface area contributed by atoms with E-state index < -0.39 is 18.5 Å². The van der Waals surface area contributed by atoms with Crippen LogP contribution >= 0.6 is 0 Å². The summed E-state index contributed by atoms with van der Waals surface area (Å²) in [6.07, 6.45) is -2.41. The molecule has 0 saturated carbocycles. The summed E-state index contributed by atoms with van der Waals surface area (Å²) >= 11 is 0. The van der Waals surface area contributed by atoms with Gasteiger partial charge in [0.15, 0.2) is 0 Å². The Bertz CT molecular complexity index is 1160. The largest absolute Gasteiger partial charge is 0.493 e. The molecule has 2 heteroatoms. The Morgan fingerprint density at radius 2 is 1.66 bits per heavy atom. The van der Waals surface area contributed by atoms with E-state index in [0.29, 0.717) is 5.75 Å². The quantitative estimate of drug-likeness (QED) is 0.438. The fourth-order valence-electron chi connectivity index (χ4n) is 3.77. The molecule has 0 aliphatic carbocycles. The van der Waals surface area contributed by atoms with E-state index in [1.54, 1.807) is 13.0 Å². The van der Waals surface area contributed by atoms with E-state index in [4.69, 9.17) is 7.48 Å². The molecule has 154 valence electrons. The molecule has 0 aliphatic heterocycles. The van der Waals surface area contributed by atoms with Crippen molar-refractivity contribution in [2.75, 3.05) is 13.6 Å². The van der Waals surface area contributed by atoms with Crippen LogP contribution in [0.1, 0.15) is 54.9 Å². The molecule has 0 spiro atoms. The second-order valence-corrected chi connectivity index (χ2v) is 8.33. The summed E-state index contributed by atoms with van der Waals surface area (Å²) in [7, 11) is 1.84. The molecule has 3 aromatic carbocycles. The fraction of sp³-hybridized carbons (Fsp3) is 0.407. The molecule has 0 radical (unpaired) electrons. The predicted molar refractivity (Wildman–Crippen MR) is 125 cm³/mol. The maximum absolute atomic E-state index is 9.20. The second-order valence-electron chi connectivity index (χ2n) is 8.33. The van der Waals surface area contributed by atoms with Gasteiger partial charge in [-0.1, -0.05) is 42.5 Å². The Balaban J connectivity index is 2.17. The monoisotopic (exact) mass is 393 g/mol. The van der Waals surface area contributed by atoms with E-state index in [2.05, 4.69) is 0 Å². The van der Waals surface area contributed by atoms with Crippen molar-refractivity contribution in [3.8, 4) is 5.75 Å². The molecule has 0 heterocycles. The van der Waals surface area contributed by atoms with E-state index >= 15 is 0 Å². The zero-order chi connectivity index (χ0) is 24.8. The normalized spacial score (nSPS) is 16.9. The van der Waals surface area contributed by atoms with Gasteiger partial charge in [0.05, 0.1) is 9.30 Å². The van der Waals surface area contributed by atoms with Crippen molar-refractivity contribution in [1.29, 1.82) is 0 Å². The summed E-state index contributed by atoms with van der Waals surface area (Å²) in [5.41, 5.74) is 2.56. The number of hydrogen-bond acceptors (Lipinski definition) is 2. The number of fused-ring (bicyclic) bond motifs is 1. The van der Waals surface area contributed by atoms with E-state index in [9.17, 15) is 2.74 Å². The predicted octanol–water partition coefficient (Wildman–Crippen LogP) is 6.79. The third kappa shape index (κ3) is 4.33. The molecule has 3 rings (SSSR count). The maximum atomic E-state index is 9.20. The Kier molecular flexibility index (Phi) is 4.88. The van der Waals surface area contributed by atoms with Crippen LogP contribution in [0.3, 0.4) is 0 Å². The Hall–Kier alpha value is -2.32. The average Bonchev–Trinajstić information content (AvgIpc) is 2.73. The van der Waals surface area contributed by atoms with Gasteiger partial charge in [0.25, 0.3) is 0 Å². The highest BCUT2D eigenvalue weighted by Crippen LogP contribution is 2.35. The first-order chi connectivity index (χ1) is 15.2.